The average molecular weight is 450 g/mol. The molecule has 0 aliphatic rings. The lowest BCUT2D eigenvalue weighted by Gasteiger charge is -2.30. The fourth-order valence-electron chi connectivity index (χ4n) is 3.89. The molecule has 0 bridgehead atoms. The van der Waals surface area contributed by atoms with E-state index in [1.807, 2.05) is 11.8 Å². The van der Waals surface area contributed by atoms with E-state index in [2.05, 4.69) is 6.92 Å². The highest BCUT2D eigenvalue weighted by Crippen LogP contribution is 2.23. The molecule has 0 spiro atoms. The second kappa shape index (κ2) is 12.8. The normalized spacial score (nSPS) is 12.3. The molecule has 1 amide bonds. The van der Waals surface area contributed by atoms with Crippen LogP contribution in [0.2, 0.25) is 5.02 Å². The summed E-state index contributed by atoms with van der Waals surface area (Å²) in [5.74, 6) is 0.660. The molecule has 0 aliphatic heterocycles. The number of nitrogens with zero attached hydrogens (tertiary/aromatic N) is 3. The summed E-state index contributed by atoms with van der Waals surface area (Å²) in [7, 11) is 3.37. The maximum absolute atomic E-state index is 13.1. The lowest BCUT2D eigenvalue weighted by atomic mass is 10.1. The Kier molecular flexibility index (Phi) is 10.5. The van der Waals surface area contributed by atoms with E-state index in [1.54, 1.807) is 36.9 Å². The van der Waals surface area contributed by atoms with E-state index >= 15 is 0 Å². The number of hydrogen-bond acceptors (Lipinski definition) is 4. The summed E-state index contributed by atoms with van der Waals surface area (Å²) in [4.78, 5) is 32.5. The van der Waals surface area contributed by atoms with E-state index in [9.17, 15) is 9.59 Å². The molecule has 6 nitrogen and oxygen atoms in total. The number of hydrogen-bond donors (Lipinski definition) is 0. The van der Waals surface area contributed by atoms with Gasteiger partial charge in [-0.1, -0.05) is 50.6 Å². The molecule has 0 radical (unpaired) electrons. The standard InChI is InChI=1S/C24H36ClN3O3/c1-5-6-7-8-9-10-12-22(29)28(15-11-16-31-4)18(2)23-26-21-17-19(25)13-14-20(21)24(30)27(23)3/h13-14,17-18H,5-12,15-16H2,1-4H3. The summed E-state index contributed by atoms with van der Waals surface area (Å²) in [6.07, 6.45) is 8.05. The van der Waals surface area contributed by atoms with E-state index < -0.39 is 0 Å². The summed E-state index contributed by atoms with van der Waals surface area (Å²) in [5, 5.41) is 1.05. The molecule has 2 rings (SSSR count). The van der Waals surface area contributed by atoms with Crippen molar-refractivity contribution in [2.24, 2.45) is 7.05 Å². The van der Waals surface area contributed by atoms with Crippen molar-refractivity contribution in [3.05, 3.63) is 39.4 Å². The molecular formula is C24H36ClN3O3. The number of unbranched alkanes of at least 4 members (excludes halogenated alkanes) is 5. The number of rotatable bonds is 13. The molecule has 7 heteroatoms. The lowest BCUT2D eigenvalue weighted by Crippen LogP contribution is -2.38. The first kappa shape index (κ1) is 25.3. The first-order valence-electron chi connectivity index (χ1n) is 11.3. The maximum atomic E-state index is 13.1. The molecule has 2 aromatic rings. The highest BCUT2D eigenvalue weighted by molar-refractivity contribution is 6.31. The third-order valence-electron chi connectivity index (χ3n) is 5.73. The van der Waals surface area contributed by atoms with Crippen LogP contribution in [0, 0.1) is 0 Å². The third kappa shape index (κ3) is 7.04. The largest absolute Gasteiger partial charge is 0.385 e. The highest BCUT2D eigenvalue weighted by atomic mass is 35.5. The molecule has 0 saturated heterocycles. The van der Waals surface area contributed by atoms with Gasteiger partial charge in [0.2, 0.25) is 5.91 Å². The second-order valence-electron chi connectivity index (χ2n) is 8.12. The zero-order chi connectivity index (χ0) is 22.8. The predicted octanol–water partition coefficient (Wildman–Crippen LogP) is 5.26. The minimum absolute atomic E-state index is 0.0968. The van der Waals surface area contributed by atoms with Gasteiger partial charge in [0.05, 0.1) is 16.9 Å². The van der Waals surface area contributed by atoms with Crippen LogP contribution in [0.3, 0.4) is 0 Å². The maximum Gasteiger partial charge on any atom is 0.261 e. The van der Waals surface area contributed by atoms with Crippen molar-refractivity contribution in [3.8, 4) is 0 Å². The van der Waals surface area contributed by atoms with Crippen molar-refractivity contribution >= 4 is 28.4 Å². The molecule has 31 heavy (non-hydrogen) atoms. The van der Waals surface area contributed by atoms with E-state index in [1.165, 1.54) is 25.7 Å². The van der Waals surface area contributed by atoms with Gasteiger partial charge in [0.1, 0.15) is 5.82 Å². The zero-order valence-electron chi connectivity index (χ0n) is 19.3. The van der Waals surface area contributed by atoms with Crippen LogP contribution in [0.25, 0.3) is 10.9 Å². The molecule has 172 valence electrons. The van der Waals surface area contributed by atoms with Crippen LogP contribution in [-0.2, 0) is 16.6 Å². The van der Waals surface area contributed by atoms with Gasteiger partial charge in [-0.2, -0.15) is 0 Å². The number of carbonyl (C=O) groups is 1. The number of fused-ring (bicyclic) bond motifs is 1. The van der Waals surface area contributed by atoms with Crippen LogP contribution in [0.15, 0.2) is 23.0 Å². The van der Waals surface area contributed by atoms with Gasteiger partial charge in [0, 0.05) is 38.8 Å². The molecular weight excluding hydrogens is 414 g/mol. The van der Waals surface area contributed by atoms with Crippen molar-refractivity contribution in [1.82, 2.24) is 14.5 Å². The minimum Gasteiger partial charge on any atom is -0.385 e. The van der Waals surface area contributed by atoms with Gasteiger partial charge < -0.3 is 9.64 Å². The number of halogens is 1. The summed E-state index contributed by atoms with van der Waals surface area (Å²) in [6, 6.07) is 4.76. The van der Waals surface area contributed by atoms with E-state index in [4.69, 9.17) is 21.3 Å². The van der Waals surface area contributed by atoms with Gasteiger partial charge in [0.25, 0.3) is 5.56 Å². The monoisotopic (exact) mass is 449 g/mol. The molecule has 1 unspecified atom stereocenters. The number of carbonyl (C=O) groups excluding carboxylic acids is 1. The Hall–Kier alpha value is -1.92. The topological polar surface area (TPSA) is 64.4 Å². The molecule has 1 aromatic heterocycles. The molecule has 0 N–H and O–H groups in total. The first-order valence-corrected chi connectivity index (χ1v) is 11.7. The van der Waals surface area contributed by atoms with Crippen LogP contribution in [0.5, 0.6) is 0 Å². The van der Waals surface area contributed by atoms with Crippen LogP contribution in [-0.4, -0.2) is 40.6 Å². The third-order valence-corrected chi connectivity index (χ3v) is 5.96. The Morgan fingerprint density at radius 1 is 1.19 bits per heavy atom. The molecule has 1 atom stereocenters. The van der Waals surface area contributed by atoms with Crippen molar-refractivity contribution < 1.29 is 9.53 Å². The van der Waals surface area contributed by atoms with Crippen molar-refractivity contribution in [2.45, 2.75) is 71.3 Å². The van der Waals surface area contributed by atoms with Crippen molar-refractivity contribution in [3.63, 3.8) is 0 Å². The summed E-state index contributed by atoms with van der Waals surface area (Å²) in [5.41, 5.74) is 0.418. The SMILES string of the molecule is CCCCCCCCC(=O)N(CCCOC)C(C)c1nc2cc(Cl)ccc2c(=O)n1C. The number of methoxy groups -OCH3 is 1. The Bertz CT molecular complexity index is 913. The predicted molar refractivity (Wildman–Crippen MR) is 127 cm³/mol. The Morgan fingerprint density at radius 3 is 2.61 bits per heavy atom. The number of benzene rings is 1. The highest BCUT2D eigenvalue weighted by Gasteiger charge is 2.25. The molecule has 1 aromatic carbocycles. The van der Waals surface area contributed by atoms with Crippen LogP contribution in [0.1, 0.15) is 77.1 Å². The van der Waals surface area contributed by atoms with Gasteiger partial charge >= 0.3 is 0 Å². The van der Waals surface area contributed by atoms with Gasteiger partial charge in [-0.3, -0.25) is 14.2 Å². The Labute approximate surface area is 190 Å². The lowest BCUT2D eigenvalue weighted by molar-refractivity contribution is -0.134. The van der Waals surface area contributed by atoms with Gasteiger partial charge in [-0.15, -0.1) is 0 Å². The van der Waals surface area contributed by atoms with Gasteiger partial charge in [-0.05, 0) is 38.0 Å². The van der Waals surface area contributed by atoms with E-state index in [0.717, 1.165) is 19.3 Å². The van der Waals surface area contributed by atoms with Crippen molar-refractivity contribution in [2.75, 3.05) is 20.3 Å². The number of ether oxygens (including phenoxy) is 1. The Morgan fingerprint density at radius 2 is 1.90 bits per heavy atom. The summed E-state index contributed by atoms with van der Waals surface area (Å²) < 4.78 is 6.73. The number of amides is 1. The second-order valence-corrected chi connectivity index (χ2v) is 8.56. The van der Waals surface area contributed by atoms with E-state index in [-0.39, 0.29) is 17.5 Å². The zero-order valence-corrected chi connectivity index (χ0v) is 20.1. The van der Waals surface area contributed by atoms with Gasteiger partial charge in [0.15, 0.2) is 0 Å². The summed E-state index contributed by atoms with van der Waals surface area (Å²) in [6.45, 7) is 5.27. The molecule has 1 heterocycles. The van der Waals surface area contributed by atoms with Crippen LogP contribution < -0.4 is 5.56 Å². The Balaban J connectivity index is 2.22. The minimum atomic E-state index is -0.328. The van der Waals surface area contributed by atoms with E-state index in [0.29, 0.717) is 41.3 Å². The first-order chi connectivity index (χ1) is 14.9. The fraction of sp³-hybridized carbons (Fsp3) is 0.625. The quantitative estimate of drug-likeness (QED) is 0.391. The average Bonchev–Trinajstić information content (AvgIpc) is 2.75. The van der Waals surface area contributed by atoms with Crippen LogP contribution in [0.4, 0.5) is 0 Å². The molecule has 0 saturated carbocycles. The number of aromatic nitrogens is 2. The fourth-order valence-corrected chi connectivity index (χ4v) is 4.05. The molecule has 0 aliphatic carbocycles. The smallest absolute Gasteiger partial charge is 0.261 e. The molecule has 0 fully saturated rings. The summed E-state index contributed by atoms with van der Waals surface area (Å²) >= 11 is 6.12. The van der Waals surface area contributed by atoms with Crippen molar-refractivity contribution in [1.29, 1.82) is 0 Å². The van der Waals surface area contributed by atoms with Gasteiger partial charge in [-0.25, -0.2) is 4.98 Å². The van der Waals surface area contributed by atoms with Crippen LogP contribution >= 0.6 is 11.6 Å².